The highest BCUT2D eigenvalue weighted by atomic mass is 16.5. The van der Waals surface area contributed by atoms with Gasteiger partial charge >= 0.3 is 0 Å². The van der Waals surface area contributed by atoms with Gasteiger partial charge < -0.3 is 28.4 Å². The van der Waals surface area contributed by atoms with Gasteiger partial charge in [0.25, 0.3) is 0 Å². The smallest absolute Gasteiger partial charge is 0.203 e. The van der Waals surface area contributed by atoms with E-state index in [2.05, 4.69) is 21.9 Å². The van der Waals surface area contributed by atoms with E-state index in [1.54, 1.807) is 42.7 Å². The van der Waals surface area contributed by atoms with Crippen LogP contribution < -0.4 is 28.4 Å². The zero-order valence-electron chi connectivity index (χ0n) is 27.5. The van der Waals surface area contributed by atoms with Crippen LogP contribution in [0.1, 0.15) is 17.8 Å². The fourth-order valence-corrected chi connectivity index (χ4v) is 5.85. The van der Waals surface area contributed by atoms with E-state index < -0.39 is 0 Å². The fraction of sp³-hybridized carbons (Fsp3) is 0.455. The minimum Gasteiger partial charge on any atom is -0.493 e. The first-order valence-corrected chi connectivity index (χ1v) is 14.9. The number of ether oxygens (including phenoxy) is 6. The van der Waals surface area contributed by atoms with Crippen LogP contribution >= 0.6 is 0 Å². The Morgan fingerprint density at radius 3 is 1.18 bits per heavy atom. The van der Waals surface area contributed by atoms with Gasteiger partial charge in [0, 0.05) is 51.4 Å². The standard InChI is InChI=1S/C33H44N6O6/c1-36-24(18-26(34-36)22-14-28(40-3)32(44-7)29(15-22)41-4)20-38-10-9-11-39(13-12-38)21-25-19-27(35-37(25)2)23-16-30(42-5)33(45-8)31(17-23)43-6/h14-19H,9-13,20-21H2,1-8H3. The molecule has 45 heavy (non-hydrogen) atoms. The third kappa shape index (κ3) is 6.81. The highest BCUT2D eigenvalue weighted by Gasteiger charge is 2.21. The molecular weight excluding hydrogens is 576 g/mol. The number of hydrogen-bond donors (Lipinski definition) is 0. The third-order valence-electron chi connectivity index (χ3n) is 8.33. The van der Waals surface area contributed by atoms with Crippen LogP contribution in [0.4, 0.5) is 0 Å². The summed E-state index contributed by atoms with van der Waals surface area (Å²) in [6, 6.07) is 12.0. The Balaban J connectivity index is 1.25. The summed E-state index contributed by atoms with van der Waals surface area (Å²) in [6.45, 7) is 5.59. The quantitative estimate of drug-likeness (QED) is 0.229. The number of benzene rings is 2. The Bertz CT molecular complexity index is 1450. The molecule has 12 heteroatoms. The summed E-state index contributed by atoms with van der Waals surface area (Å²) >= 11 is 0. The molecule has 0 atom stereocenters. The zero-order valence-corrected chi connectivity index (χ0v) is 27.5. The molecular formula is C33H44N6O6. The molecule has 3 heterocycles. The van der Waals surface area contributed by atoms with Crippen molar-refractivity contribution < 1.29 is 28.4 Å². The molecule has 1 fully saturated rings. The Morgan fingerprint density at radius 1 is 0.511 bits per heavy atom. The van der Waals surface area contributed by atoms with Gasteiger partial charge in [0.2, 0.25) is 11.5 Å². The van der Waals surface area contributed by atoms with Crippen molar-refractivity contribution in [1.82, 2.24) is 29.4 Å². The lowest BCUT2D eigenvalue weighted by Crippen LogP contribution is -2.31. The van der Waals surface area contributed by atoms with Gasteiger partial charge in [-0.2, -0.15) is 10.2 Å². The molecule has 4 aromatic rings. The normalized spacial score (nSPS) is 14.2. The van der Waals surface area contributed by atoms with Crippen LogP contribution in [-0.4, -0.2) is 98.2 Å². The van der Waals surface area contributed by atoms with Gasteiger partial charge in [0.1, 0.15) is 0 Å². The maximum atomic E-state index is 5.55. The van der Waals surface area contributed by atoms with Crippen molar-refractivity contribution in [2.75, 3.05) is 68.8 Å². The predicted molar refractivity (Wildman–Crippen MR) is 172 cm³/mol. The van der Waals surface area contributed by atoms with Gasteiger partial charge in [-0.3, -0.25) is 19.2 Å². The van der Waals surface area contributed by atoms with Crippen molar-refractivity contribution in [1.29, 1.82) is 0 Å². The first kappa shape index (κ1) is 32.0. The molecule has 2 aromatic carbocycles. The molecule has 0 spiro atoms. The van der Waals surface area contributed by atoms with E-state index in [9.17, 15) is 0 Å². The first-order valence-electron chi connectivity index (χ1n) is 14.9. The lowest BCUT2D eigenvalue weighted by Gasteiger charge is -2.21. The number of nitrogens with zero attached hydrogens (tertiary/aromatic N) is 6. The highest BCUT2D eigenvalue weighted by molar-refractivity contribution is 5.70. The van der Waals surface area contributed by atoms with Crippen molar-refractivity contribution in [2.45, 2.75) is 19.5 Å². The van der Waals surface area contributed by atoms with Crippen LogP contribution in [0, 0.1) is 0 Å². The zero-order chi connectivity index (χ0) is 32.1. The Labute approximate surface area is 264 Å². The van der Waals surface area contributed by atoms with E-state index in [0.717, 1.165) is 79.6 Å². The first-order chi connectivity index (χ1) is 21.8. The molecule has 242 valence electrons. The van der Waals surface area contributed by atoms with E-state index in [0.29, 0.717) is 34.5 Å². The molecule has 1 saturated heterocycles. The summed E-state index contributed by atoms with van der Waals surface area (Å²) in [6.07, 6.45) is 1.08. The molecule has 0 unspecified atom stereocenters. The number of hydrogen-bond acceptors (Lipinski definition) is 10. The molecule has 0 amide bonds. The van der Waals surface area contributed by atoms with Crippen LogP contribution in [0.15, 0.2) is 36.4 Å². The largest absolute Gasteiger partial charge is 0.493 e. The van der Waals surface area contributed by atoms with E-state index in [1.165, 1.54) is 0 Å². The topological polar surface area (TPSA) is 97.5 Å². The second kappa shape index (κ2) is 14.1. The summed E-state index contributed by atoms with van der Waals surface area (Å²) in [7, 11) is 13.7. The van der Waals surface area contributed by atoms with Gasteiger partial charge in [0.15, 0.2) is 23.0 Å². The minimum atomic E-state index is 0.567. The summed E-state index contributed by atoms with van der Waals surface area (Å²) < 4.78 is 37.1. The Hall–Kier alpha value is -4.42. The average molecular weight is 621 g/mol. The van der Waals surface area contributed by atoms with Crippen molar-refractivity contribution in [3.8, 4) is 57.0 Å². The average Bonchev–Trinajstić information content (AvgIpc) is 3.53. The van der Waals surface area contributed by atoms with Crippen LogP contribution in [0.5, 0.6) is 34.5 Å². The molecule has 0 saturated carbocycles. The molecule has 5 rings (SSSR count). The predicted octanol–water partition coefficient (Wildman–Crippen LogP) is 4.25. The van der Waals surface area contributed by atoms with Gasteiger partial charge in [-0.15, -0.1) is 0 Å². The van der Waals surface area contributed by atoms with Gasteiger partial charge in [-0.1, -0.05) is 0 Å². The van der Waals surface area contributed by atoms with Crippen molar-refractivity contribution in [2.24, 2.45) is 14.1 Å². The van der Waals surface area contributed by atoms with Crippen molar-refractivity contribution in [3.63, 3.8) is 0 Å². The summed E-state index contributed by atoms with van der Waals surface area (Å²) in [5.41, 5.74) is 5.85. The molecule has 0 aliphatic carbocycles. The van der Waals surface area contributed by atoms with Gasteiger partial charge in [0.05, 0.1) is 65.4 Å². The summed E-state index contributed by atoms with van der Waals surface area (Å²) in [4.78, 5) is 5.00. The molecule has 1 aliphatic rings. The lowest BCUT2D eigenvalue weighted by atomic mass is 10.1. The maximum Gasteiger partial charge on any atom is 0.203 e. The molecule has 12 nitrogen and oxygen atoms in total. The maximum absolute atomic E-state index is 5.55. The summed E-state index contributed by atoms with van der Waals surface area (Å²) in [5, 5.41) is 9.62. The van der Waals surface area contributed by atoms with Crippen molar-refractivity contribution >= 4 is 0 Å². The monoisotopic (exact) mass is 620 g/mol. The molecule has 2 aromatic heterocycles. The van der Waals surface area contributed by atoms with E-state index >= 15 is 0 Å². The minimum absolute atomic E-state index is 0.567. The SMILES string of the molecule is COc1cc(-c2cc(CN3CCCN(Cc4cc(-c5cc(OC)c(OC)c(OC)c5)nn4C)CC3)n(C)n2)cc(OC)c1OC. The molecule has 0 bridgehead atoms. The second-order valence-electron chi connectivity index (χ2n) is 11.0. The third-order valence-corrected chi connectivity index (χ3v) is 8.33. The Kier molecular flexibility index (Phi) is 10.0. The van der Waals surface area contributed by atoms with Crippen LogP contribution in [0.3, 0.4) is 0 Å². The van der Waals surface area contributed by atoms with Gasteiger partial charge in [-0.05, 0) is 55.9 Å². The second-order valence-corrected chi connectivity index (χ2v) is 11.0. The van der Waals surface area contributed by atoms with E-state index in [4.69, 9.17) is 38.6 Å². The summed E-state index contributed by atoms with van der Waals surface area (Å²) in [5.74, 6) is 3.56. The van der Waals surface area contributed by atoms with E-state index in [-0.39, 0.29) is 0 Å². The Morgan fingerprint density at radius 2 is 0.867 bits per heavy atom. The molecule has 0 radical (unpaired) electrons. The van der Waals surface area contributed by atoms with Gasteiger partial charge in [-0.25, -0.2) is 0 Å². The number of methoxy groups -OCH3 is 6. The molecule has 1 aliphatic heterocycles. The van der Waals surface area contributed by atoms with Crippen LogP contribution in [0.25, 0.3) is 22.5 Å². The van der Waals surface area contributed by atoms with Crippen molar-refractivity contribution in [3.05, 3.63) is 47.8 Å². The van der Waals surface area contributed by atoms with Crippen LogP contribution in [-0.2, 0) is 27.2 Å². The number of rotatable bonds is 12. The lowest BCUT2D eigenvalue weighted by molar-refractivity contribution is 0.240. The highest BCUT2D eigenvalue weighted by Crippen LogP contribution is 2.42. The molecule has 0 N–H and O–H groups in total. The van der Waals surface area contributed by atoms with E-state index in [1.807, 2.05) is 47.7 Å². The fourth-order valence-electron chi connectivity index (χ4n) is 5.85. The number of aryl methyl sites for hydroxylation is 2. The number of aromatic nitrogens is 4. The van der Waals surface area contributed by atoms with Crippen LogP contribution in [0.2, 0.25) is 0 Å².